The summed E-state index contributed by atoms with van der Waals surface area (Å²) in [5, 5.41) is 25.4. The molecule has 10 heteroatoms. The lowest BCUT2D eigenvalue weighted by atomic mass is 10.1. The molecule has 0 aliphatic heterocycles. The first-order valence-electron chi connectivity index (χ1n) is 8.36. The van der Waals surface area contributed by atoms with Gasteiger partial charge in [-0.2, -0.15) is 0 Å². The van der Waals surface area contributed by atoms with E-state index in [1.165, 1.54) is 18.2 Å². The number of carbonyl (C=O) groups excluding carboxylic acids is 2. The van der Waals surface area contributed by atoms with Gasteiger partial charge in [-0.1, -0.05) is 35.9 Å². The first-order chi connectivity index (χ1) is 13.7. The minimum atomic E-state index is -1.62. The van der Waals surface area contributed by atoms with E-state index in [2.05, 4.69) is 16.0 Å². The number of rotatable bonds is 7. The van der Waals surface area contributed by atoms with Crippen LogP contribution in [0.1, 0.15) is 22.3 Å². The topological polar surface area (TPSA) is 145 Å². The molecule has 0 saturated carbocycles. The highest BCUT2D eigenvalue weighted by Gasteiger charge is 2.25. The quantitative estimate of drug-likeness (QED) is 0.466. The Morgan fingerprint density at radius 2 is 1.69 bits per heavy atom. The molecule has 0 spiro atoms. The van der Waals surface area contributed by atoms with Crippen LogP contribution in [0.4, 0.5) is 16.2 Å². The third kappa shape index (κ3) is 5.94. The highest BCUT2D eigenvalue weighted by Crippen LogP contribution is 2.25. The van der Waals surface area contributed by atoms with Crippen LogP contribution in [0.3, 0.4) is 0 Å². The second kappa shape index (κ2) is 9.56. The van der Waals surface area contributed by atoms with Gasteiger partial charge in [0.25, 0.3) is 5.91 Å². The number of amides is 3. The summed E-state index contributed by atoms with van der Waals surface area (Å²) in [6.45, 7) is 1.76. The molecule has 0 aliphatic rings. The van der Waals surface area contributed by atoms with Gasteiger partial charge >= 0.3 is 18.0 Å². The Kier molecular flexibility index (Phi) is 7.15. The van der Waals surface area contributed by atoms with E-state index in [1.807, 2.05) is 0 Å². The van der Waals surface area contributed by atoms with Crippen LogP contribution in [0.5, 0.6) is 0 Å². The minimum Gasteiger partial charge on any atom is -0.481 e. The number of benzene rings is 2. The van der Waals surface area contributed by atoms with E-state index in [9.17, 15) is 19.2 Å². The molecule has 2 aromatic carbocycles. The molecule has 0 aromatic heterocycles. The highest BCUT2D eigenvalue weighted by molar-refractivity contribution is 6.34. The van der Waals surface area contributed by atoms with Crippen molar-refractivity contribution in [3.63, 3.8) is 0 Å². The van der Waals surface area contributed by atoms with Crippen molar-refractivity contribution < 1.29 is 29.4 Å². The maximum Gasteiger partial charge on any atom is 0.326 e. The molecule has 0 bridgehead atoms. The standard InChI is InChI=1S/C19H18ClN3O6/c1-10-5-4-7-12(20)16(10)23-19(29)22-13-8-3-2-6-11(13)17(26)21-14(18(27)28)9-15(24)25/h2-8,14H,9H2,1H3,(H,21,26)(H,24,25)(H,27,28)(H2,22,23,29)/t14-/m0/s1. The van der Waals surface area contributed by atoms with E-state index in [0.717, 1.165) is 5.56 Å². The predicted molar refractivity (Wildman–Crippen MR) is 106 cm³/mol. The molecule has 9 nitrogen and oxygen atoms in total. The molecule has 152 valence electrons. The summed E-state index contributed by atoms with van der Waals surface area (Å²) in [4.78, 5) is 46.7. The van der Waals surface area contributed by atoms with Crippen molar-refractivity contribution >= 4 is 46.9 Å². The first kappa shape index (κ1) is 21.7. The van der Waals surface area contributed by atoms with Crippen LogP contribution in [0.15, 0.2) is 42.5 Å². The van der Waals surface area contributed by atoms with E-state index in [4.69, 9.17) is 21.8 Å². The Bertz CT molecular complexity index is 942. The zero-order valence-corrected chi connectivity index (χ0v) is 16.0. The zero-order valence-electron chi connectivity index (χ0n) is 15.2. The number of hydrogen-bond acceptors (Lipinski definition) is 4. The summed E-state index contributed by atoms with van der Waals surface area (Å²) in [6.07, 6.45) is -0.789. The van der Waals surface area contributed by atoms with Gasteiger partial charge in [-0.25, -0.2) is 9.59 Å². The van der Waals surface area contributed by atoms with Crippen LogP contribution in [0.2, 0.25) is 5.02 Å². The molecule has 2 rings (SSSR count). The summed E-state index contributed by atoms with van der Waals surface area (Å²) in [5.74, 6) is -3.71. The number of carbonyl (C=O) groups is 4. The number of aliphatic carboxylic acids is 2. The van der Waals surface area contributed by atoms with Crippen LogP contribution in [-0.2, 0) is 9.59 Å². The van der Waals surface area contributed by atoms with Crippen molar-refractivity contribution in [2.75, 3.05) is 10.6 Å². The van der Waals surface area contributed by atoms with Crippen LogP contribution in [-0.4, -0.2) is 40.1 Å². The van der Waals surface area contributed by atoms with Crippen LogP contribution in [0.25, 0.3) is 0 Å². The van der Waals surface area contributed by atoms with Crippen LogP contribution >= 0.6 is 11.6 Å². The van der Waals surface area contributed by atoms with Gasteiger partial charge in [0.2, 0.25) is 0 Å². The fourth-order valence-corrected chi connectivity index (χ4v) is 2.73. The number of urea groups is 1. The number of hydrogen-bond donors (Lipinski definition) is 5. The lowest BCUT2D eigenvalue weighted by Crippen LogP contribution is -2.42. The smallest absolute Gasteiger partial charge is 0.326 e. The minimum absolute atomic E-state index is 0.0323. The molecule has 5 N–H and O–H groups in total. The van der Waals surface area contributed by atoms with Crippen molar-refractivity contribution in [3.05, 3.63) is 58.6 Å². The fraction of sp³-hybridized carbons (Fsp3) is 0.158. The van der Waals surface area contributed by atoms with Gasteiger partial charge in [-0.15, -0.1) is 0 Å². The van der Waals surface area contributed by atoms with Gasteiger partial charge in [0.05, 0.1) is 28.4 Å². The monoisotopic (exact) mass is 419 g/mol. The lowest BCUT2D eigenvalue weighted by Gasteiger charge is -2.16. The SMILES string of the molecule is Cc1cccc(Cl)c1NC(=O)Nc1ccccc1C(=O)N[C@@H](CC(=O)O)C(=O)O. The Morgan fingerprint density at radius 1 is 1.00 bits per heavy atom. The highest BCUT2D eigenvalue weighted by atomic mass is 35.5. The molecule has 0 heterocycles. The molecule has 0 radical (unpaired) electrons. The average Bonchev–Trinajstić information content (AvgIpc) is 2.64. The van der Waals surface area contributed by atoms with Crippen molar-refractivity contribution in [2.45, 2.75) is 19.4 Å². The number of nitrogens with one attached hydrogen (secondary N) is 3. The third-order valence-corrected chi connectivity index (χ3v) is 4.18. The first-order valence-corrected chi connectivity index (χ1v) is 8.74. The fourth-order valence-electron chi connectivity index (χ4n) is 2.46. The van der Waals surface area contributed by atoms with E-state index in [-0.39, 0.29) is 11.3 Å². The molecule has 0 saturated heterocycles. The van der Waals surface area contributed by atoms with Crippen LogP contribution < -0.4 is 16.0 Å². The maximum absolute atomic E-state index is 12.4. The Balaban J connectivity index is 2.17. The number of para-hydroxylation sites is 2. The Morgan fingerprint density at radius 3 is 2.31 bits per heavy atom. The third-order valence-electron chi connectivity index (χ3n) is 3.86. The molecule has 2 aromatic rings. The van der Waals surface area contributed by atoms with E-state index >= 15 is 0 Å². The van der Waals surface area contributed by atoms with Gasteiger partial charge in [0, 0.05) is 0 Å². The summed E-state index contributed by atoms with van der Waals surface area (Å²) < 4.78 is 0. The molecule has 29 heavy (non-hydrogen) atoms. The lowest BCUT2D eigenvalue weighted by molar-refractivity contribution is -0.145. The van der Waals surface area contributed by atoms with Crippen molar-refractivity contribution in [3.8, 4) is 0 Å². The van der Waals surface area contributed by atoms with Crippen molar-refractivity contribution in [1.29, 1.82) is 0 Å². The predicted octanol–water partition coefficient (Wildman–Crippen LogP) is 2.95. The van der Waals surface area contributed by atoms with Gasteiger partial charge in [-0.05, 0) is 30.7 Å². The van der Waals surface area contributed by atoms with Gasteiger partial charge in [0.15, 0.2) is 0 Å². The van der Waals surface area contributed by atoms with Gasteiger partial charge in [-0.3, -0.25) is 9.59 Å². The summed E-state index contributed by atoms with van der Waals surface area (Å²) >= 11 is 6.08. The second-order valence-corrected chi connectivity index (χ2v) is 6.43. The molecule has 0 fully saturated rings. The Labute approximate surface area is 170 Å². The molecular formula is C19H18ClN3O6. The molecule has 1 atom stereocenters. The number of carboxylic acids is 2. The summed E-state index contributed by atoms with van der Waals surface area (Å²) in [6, 6.07) is 8.72. The van der Waals surface area contributed by atoms with E-state index < -0.39 is 36.3 Å². The number of halogens is 1. The average molecular weight is 420 g/mol. The summed E-state index contributed by atoms with van der Waals surface area (Å²) in [7, 11) is 0. The maximum atomic E-state index is 12.4. The van der Waals surface area contributed by atoms with Gasteiger partial charge < -0.3 is 26.2 Å². The second-order valence-electron chi connectivity index (χ2n) is 6.02. The number of aryl methyl sites for hydroxylation is 1. The summed E-state index contributed by atoms with van der Waals surface area (Å²) in [5.41, 5.74) is 1.21. The van der Waals surface area contributed by atoms with E-state index in [1.54, 1.807) is 31.2 Å². The molecular weight excluding hydrogens is 402 g/mol. The largest absolute Gasteiger partial charge is 0.481 e. The van der Waals surface area contributed by atoms with Crippen molar-refractivity contribution in [1.82, 2.24) is 5.32 Å². The van der Waals surface area contributed by atoms with E-state index in [0.29, 0.717) is 10.7 Å². The normalized spacial score (nSPS) is 11.2. The number of carboxylic acid groups (broad SMARTS) is 2. The van der Waals surface area contributed by atoms with Gasteiger partial charge in [0.1, 0.15) is 6.04 Å². The Hall–Kier alpha value is -3.59. The van der Waals surface area contributed by atoms with Crippen LogP contribution in [0, 0.1) is 6.92 Å². The molecule has 0 aliphatic carbocycles. The molecule has 0 unspecified atom stereocenters. The zero-order chi connectivity index (χ0) is 21.6. The number of anilines is 2. The molecule has 3 amide bonds. The van der Waals surface area contributed by atoms with Crippen molar-refractivity contribution in [2.24, 2.45) is 0 Å².